The van der Waals surface area contributed by atoms with Crippen LogP contribution in [0.5, 0.6) is 0 Å². The van der Waals surface area contributed by atoms with Gasteiger partial charge in [0.25, 0.3) is 0 Å². The van der Waals surface area contributed by atoms with Crippen LogP contribution in [0.15, 0.2) is 36.7 Å². The Morgan fingerprint density at radius 1 is 1.00 bits per heavy atom. The molecule has 0 unspecified atom stereocenters. The zero-order valence-electron chi connectivity index (χ0n) is 13.1. The number of para-hydroxylation sites is 1. The maximum Gasteiger partial charge on any atom is 0.199 e. The van der Waals surface area contributed by atoms with Crippen LogP contribution in [0.1, 0.15) is 12.0 Å². The molecule has 2 aromatic heterocycles. The highest BCUT2D eigenvalue weighted by Crippen LogP contribution is 2.22. The Hall–Kier alpha value is -3.21. The Morgan fingerprint density at radius 3 is 2.75 bits per heavy atom. The van der Waals surface area contributed by atoms with Crippen LogP contribution in [0.4, 0.5) is 11.5 Å². The van der Waals surface area contributed by atoms with Crippen molar-refractivity contribution in [3.8, 4) is 6.07 Å². The van der Waals surface area contributed by atoms with Gasteiger partial charge in [0.1, 0.15) is 6.07 Å². The second kappa shape index (κ2) is 6.12. The van der Waals surface area contributed by atoms with Gasteiger partial charge in [-0.05, 0) is 29.0 Å². The highest BCUT2D eigenvalue weighted by atomic mass is 15.5. The Balaban J connectivity index is 1.59. The molecule has 0 spiro atoms. The zero-order valence-corrected chi connectivity index (χ0v) is 13.1. The SMILES string of the molecule is N#Cc1ccccc1N1CCCN(c2cncc3nnnn23)CC1. The van der Waals surface area contributed by atoms with Gasteiger partial charge in [0.05, 0.1) is 23.6 Å². The van der Waals surface area contributed by atoms with E-state index >= 15 is 0 Å². The number of anilines is 2. The molecule has 4 rings (SSSR count). The Labute approximate surface area is 138 Å². The van der Waals surface area contributed by atoms with Gasteiger partial charge in [-0.1, -0.05) is 12.1 Å². The standard InChI is InChI=1S/C16H16N8/c17-10-13-4-1-2-5-14(13)22-6-3-7-23(9-8-22)16-12-18-11-15-19-20-21-24(15)16/h1-2,4-5,11-12H,3,6-9H2. The fourth-order valence-electron chi connectivity index (χ4n) is 3.11. The molecular formula is C16H16N8. The molecule has 1 saturated heterocycles. The van der Waals surface area contributed by atoms with Gasteiger partial charge >= 0.3 is 0 Å². The summed E-state index contributed by atoms with van der Waals surface area (Å²) in [7, 11) is 0. The third-order valence-electron chi connectivity index (χ3n) is 4.28. The Kier molecular flexibility index (Phi) is 3.67. The van der Waals surface area contributed by atoms with E-state index in [-0.39, 0.29) is 0 Å². The fraction of sp³-hybridized carbons (Fsp3) is 0.312. The van der Waals surface area contributed by atoms with Gasteiger partial charge in [0.15, 0.2) is 11.5 Å². The monoisotopic (exact) mass is 320 g/mol. The van der Waals surface area contributed by atoms with Gasteiger partial charge in [-0.25, -0.2) is 0 Å². The summed E-state index contributed by atoms with van der Waals surface area (Å²) in [6.45, 7) is 3.46. The number of nitrogens with zero attached hydrogens (tertiary/aromatic N) is 8. The largest absolute Gasteiger partial charge is 0.369 e. The summed E-state index contributed by atoms with van der Waals surface area (Å²) in [5, 5.41) is 21.0. The highest BCUT2D eigenvalue weighted by molar-refractivity contribution is 5.59. The minimum atomic E-state index is 0.642. The van der Waals surface area contributed by atoms with E-state index in [0.717, 1.165) is 49.7 Å². The summed E-state index contributed by atoms with van der Waals surface area (Å²) < 4.78 is 1.71. The minimum absolute atomic E-state index is 0.642. The van der Waals surface area contributed by atoms with Crippen LogP contribution < -0.4 is 9.80 Å². The normalized spacial score (nSPS) is 15.3. The number of rotatable bonds is 2. The van der Waals surface area contributed by atoms with Gasteiger partial charge in [-0.3, -0.25) is 4.98 Å². The second-order valence-corrected chi connectivity index (χ2v) is 5.67. The van der Waals surface area contributed by atoms with Gasteiger partial charge in [0.2, 0.25) is 0 Å². The van der Waals surface area contributed by atoms with Crippen molar-refractivity contribution in [3.05, 3.63) is 42.2 Å². The predicted octanol–water partition coefficient (Wildman–Crippen LogP) is 1.11. The van der Waals surface area contributed by atoms with Crippen molar-refractivity contribution in [3.63, 3.8) is 0 Å². The third kappa shape index (κ3) is 2.50. The number of aromatic nitrogens is 5. The number of hydrogen-bond acceptors (Lipinski definition) is 7. The number of nitriles is 1. The molecule has 0 saturated carbocycles. The van der Waals surface area contributed by atoms with Gasteiger partial charge in [-0.15, -0.1) is 5.10 Å². The number of tetrazole rings is 1. The summed E-state index contributed by atoms with van der Waals surface area (Å²) >= 11 is 0. The van der Waals surface area contributed by atoms with Crippen molar-refractivity contribution in [2.45, 2.75) is 6.42 Å². The molecule has 0 atom stereocenters. The molecular weight excluding hydrogens is 304 g/mol. The van der Waals surface area contributed by atoms with E-state index in [0.29, 0.717) is 5.65 Å². The first-order valence-electron chi connectivity index (χ1n) is 7.88. The Morgan fingerprint density at radius 2 is 1.83 bits per heavy atom. The van der Waals surface area contributed by atoms with E-state index in [1.54, 1.807) is 16.9 Å². The summed E-state index contributed by atoms with van der Waals surface area (Å²) in [5.74, 6) is 0.896. The lowest BCUT2D eigenvalue weighted by molar-refractivity contribution is 0.747. The molecule has 1 aliphatic rings. The van der Waals surface area contributed by atoms with Gasteiger partial charge in [0, 0.05) is 26.2 Å². The summed E-state index contributed by atoms with van der Waals surface area (Å²) in [6.07, 6.45) is 4.43. The molecule has 1 aromatic carbocycles. The van der Waals surface area contributed by atoms with Crippen molar-refractivity contribution in [2.75, 3.05) is 36.0 Å². The number of hydrogen-bond donors (Lipinski definition) is 0. The summed E-state index contributed by atoms with van der Waals surface area (Å²) in [5.41, 5.74) is 2.36. The predicted molar refractivity (Wildman–Crippen MR) is 88.8 cm³/mol. The number of benzene rings is 1. The molecule has 3 heterocycles. The second-order valence-electron chi connectivity index (χ2n) is 5.67. The first-order valence-corrected chi connectivity index (χ1v) is 7.88. The van der Waals surface area contributed by atoms with Crippen LogP contribution in [-0.4, -0.2) is 51.2 Å². The molecule has 8 heteroatoms. The maximum absolute atomic E-state index is 9.32. The van der Waals surface area contributed by atoms with Gasteiger partial charge in [-0.2, -0.15) is 9.78 Å². The van der Waals surface area contributed by atoms with E-state index in [1.807, 2.05) is 24.3 Å². The van der Waals surface area contributed by atoms with E-state index in [2.05, 4.69) is 36.4 Å². The maximum atomic E-state index is 9.32. The van der Waals surface area contributed by atoms with Crippen LogP contribution in [0, 0.1) is 11.3 Å². The van der Waals surface area contributed by atoms with Crippen LogP contribution in [0.25, 0.3) is 5.65 Å². The molecule has 0 bridgehead atoms. The van der Waals surface area contributed by atoms with Gasteiger partial charge < -0.3 is 9.80 Å². The van der Waals surface area contributed by atoms with Crippen LogP contribution in [0.3, 0.4) is 0 Å². The molecule has 3 aromatic rings. The van der Waals surface area contributed by atoms with E-state index in [9.17, 15) is 5.26 Å². The topological polar surface area (TPSA) is 86.2 Å². The number of fused-ring (bicyclic) bond motifs is 1. The molecule has 0 N–H and O–H groups in total. The van der Waals surface area contributed by atoms with Crippen molar-refractivity contribution < 1.29 is 0 Å². The quantitative estimate of drug-likeness (QED) is 0.699. The molecule has 0 radical (unpaired) electrons. The molecule has 24 heavy (non-hydrogen) atoms. The minimum Gasteiger partial charge on any atom is -0.369 e. The average Bonchev–Trinajstić information content (AvgIpc) is 2.98. The average molecular weight is 320 g/mol. The van der Waals surface area contributed by atoms with E-state index in [4.69, 9.17) is 0 Å². The summed E-state index contributed by atoms with van der Waals surface area (Å²) in [4.78, 5) is 8.74. The van der Waals surface area contributed by atoms with Crippen LogP contribution in [-0.2, 0) is 0 Å². The van der Waals surface area contributed by atoms with Crippen molar-refractivity contribution in [1.29, 1.82) is 5.26 Å². The lowest BCUT2D eigenvalue weighted by atomic mass is 10.1. The highest BCUT2D eigenvalue weighted by Gasteiger charge is 2.19. The van der Waals surface area contributed by atoms with Crippen molar-refractivity contribution in [1.82, 2.24) is 25.0 Å². The van der Waals surface area contributed by atoms with E-state index in [1.165, 1.54) is 0 Å². The molecule has 8 nitrogen and oxygen atoms in total. The van der Waals surface area contributed by atoms with E-state index < -0.39 is 0 Å². The Bertz CT molecular complexity index is 896. The lowest BCUT2D eigenvalue weighted by Gasteiger charge is -2.25. The fourth-order valence-corrected chi connectivity index (χ4v) is 3.11. The molecule has 0 aliphatic carbocycles. The first-order chi connectivity index (χ1) is 11.9. The third-order valence-corrected chi connectivity index (χ3v) is 4.28. The van der Waals surface area contributed by atoms with Crippen LogP contribution >= 0.6 is 0 Å². The molecule has 0 amide bonds. The summed E-state index contributed by atoms with van der Waals surface area (Å²) in [6, 6.07) is 10.0. The first kappa shape index (κ1) is 14.4. The van der Waals surface area contributed by atoms with Crippen molar-refractivity contribution >= 4 is 17.2 Å². The van der Waals surface area contributed by atoms with Crippen LogP contribution in [0.2, 0.25) is 0 Å². The smallest absolute Gasteiger partial charge is 0.199 e. The lowest BCUT2D eigenvalue weighted by Crippen LogP contribution is -2.32. The molecule has 120 valence electrons. The van der Waals surface area contributed by atoms with Crippen molar-refractivity contribution in [2.24, 2.45) is 0 Å². The zero-order chi connectivity index (χ0) is 16.4. The molecule has 1 aliphatic heterocycles. The molecule has 1 fully saturated rings.